The van der Waals surface area contributed by atoms with E-state index in [0.717, 1.165) is 55.6 Å². The van der Waals surface area contributed by atoms with Crippen LogP contribution < -0.4 is 17.2 Å². The van der Waals surface area contributed by atoms with E-state index in [1.807, 2.05) is 92.0 Å². The Kier molecular flexibility index (Phi) is 22.3. The van der Waals surface area contributed by atoms with Crippen molar-refractivity contribution in [1.29, 1.82) is 0 Å². The van der Waals surface area contributed by atoms with Gasteiger partial charge < -0.3 is 30.9 Å². The van der Waals surface area contributed by atoms with Crippen LogP contribution in [0.3, 0.4) is 0 Å². The average Bonchev–Trinajstić information content (AvgIpc) is 4.10. The van der Waals surface area contributed by atoms with Crippen LogP contribution in [0.4, 0.5) is 0 Å². The van der Waals surface area contributed by atoms with Crippen molar-refractivity contribution in [1.82, 2.24) is 13.7 Å². The van der Waals surface area contributed by atoms with E-state index in [1.54, 1.807) is 0 Å². The lowest BCUT2D eigenvalue weighted by molar-refractivity contribution is 0.0667. The maximum absolute atomic E-state index is 14.8. The first kappa shape index (κ1) is 63.7. The number of aromatic nitrogens is 3. The molecule has 3 unspecified atom stereocenters. The second kappa shape index (κ2) is 28.0. The summed E-state index contributed by atoms with van der Waals surface area (Å²) >= 11 is 0. The van der Waals surface area contributed by atoms with Crippen molar-refractivity contribution in [3.8, 4) is 0 Å². The quantitative estimate of drug-likeness (QED) is 0.0264. The highest BCUT2D eigenvalue weighted by atomic mass is 31.2. The molecule has 3 atom stereocenters. The number of ketones is 3. The van der Waals surface area contributed by atoms with E-state index in [9.17, 15) is 18.9 Å². The molecule has 0 amide bonds. The van der Waals surface area contributed by atoms with Crippen molar-refractivity contribution in [3.63, 3.8) is 0 Å². The molecule has 0 saturated heterocycles. The molecular weight excluding hydrogens is 1020 g/mol. The molecule has 3 aromatic heterocycles. The van der Waals surface area contributed by atoms with Crippen LogP contribution in [0.25, 0.3) is 0 Å². The van der Waals surface area contributed by atoms with Crippen LogP contribution in [0.5, 0.6) is 0 Å². The number of rotatable bonds is 33. The molecule has 3 heterocycles. The molecule has 434 valence electrons. The number of carbonyl (C=O) groups is 3. The fourth-order valence-corrected chi connectivity index (χ4v) is 12.5. The van der Waals surface area contributed by atoms with Gasteiger partial charge in [0.15, 0.2) is 17.3 Å². The average molecular weight is 1110 g/mol. The summed E-state index contributed by atoms with van der Waals surface area (Å²) in [6.45, 7) is 17.5. The first-order chi connectivity index (χ1) is 37.6. The Hall–Kier alpha value is -5.50. The van der Waals surface area contributed by atoms with Gasteiger partial charge in [-0.1, -0.05) is 88.0 Å². The monoisotopic (exact) mass is 1110 g/mol. The highest BCUT2D eigenvalue weighted by molar-refractivity contribution is 7.48. The number of hydrogen-bond acceptors (Lipinski definition) is 10. The molecule has 80 heavy (non-hydrogen) atoms. The minimum Gasteiger partial charge on any atom is -0.345 e. The number of nitrogens with zero attached hydrogens (tertiary/aromatic N) is 3. The largest absolute Gasteiger partial charge is 0.474 e. The first-order valence-electron chi connectivity index (χ1n) is 28.7. The molecule has 0 fully saturated rings. The lowest BCUT2D eigenvalue weighted by Gasteiger charge is -2.32. The van der Waals surface area contributed by atoms with Gasteiger partial charge >= 0.3 is 7.82 Å². The molecule has 6 N–H and O–H groups in total. The molecule has 0 aliphatic heterocycles. The van der Waals surface area contributed by atoms with Crippen LogP contribution in [0.15, 0.2) is 91.0 Å². The zero-order valence-corrected chi connectivity index (χ0v) is 51.2. The smallest absolute Gasteiger partial charge is 0.345 e. The van der Waals surface area contributed by atoms with Gasteiger partial charge in [-0.15, -0.1) is 0 Å². The second-order valence-corrected chi connectivity index (χ2v) is 26.0. The molecule has 0 aliphatic rings. The van der Waals surface area contributed by atoms with Crippen molar-refractivity contribution in [2.75, 3.05) is 19.8 Å². The third-order valence-electron chi connectivity index (χ3n) is 15.5. The van der Waals surface area contributed by atoms with Crippen LogP contribution in [0.1, 0.15) is 177 Å². The van der Waals surface area contributed by atoms with Crippen molar-refractivity contribution in [2.24, 2.45) is 38.3 Å². The minimum absolute atomic E-state index is 0.0912. The lowest BCUT2D eigenvalue weighted by Crippen LogP contribution is -2.44. The Morgan fingerprint density at radius 2 is 0.650 bits per heavy atom. The maximum Gasteiger partial charge on any atom is 0.474 e. The van der Waals surface area contributed by atoms with Gasteiger partial charge in [0.25, 0.3) is 0 Å². The van der Waals surface area contributed by atoms with E-state index < -0.39 is 24.4 Å². The van der Waals surface area contributed by atoms with E-state index in [4.69, 9.17) is 30.8 Å². The van der Waals surface area contributed by atoms with E-state index in [0.29, 0.717) is 74.9 Å². The molecule has 13 nitrogen and oxygen atoms in total. The normalized spacial score (nSPS) is 14.8. The van der Waals surface area contributed by atoms with Crippen molar-refractivity contribution < 1.29 is 32.5 Å². The van der Waals surface area contributed by atoms with Crippen molar-refractivity contribution >= 4 is 25.2 Å². The third kappa shape index (κ3) is 19.3. The highest BCUT2D eigenvalue weighted by Gasteiger charge is 2.36. The Balaban J connectivity index is 1.06. The molecule has 0 radical (unpaired) electrons. The molecule has 6 aromatic rings. The number of hydrogen-bond donors (Lipinski definition) is 3. The van der Waals surface area contributed by atoms with Crippen LogP contribution in [-0.4, -0.2) is 67.5 Å². The van der Waals surface area contributed by atoms with Crippen molar-refractivity contribution in [2.45, 2.75) is 175 Å². The Labute approximate surface area is 478 Å². The summed E-state index contributed by atoms with van der Waals surface area (Å²) in [6.07, 6.45) is 9.05. The van der Waals surface area contributed by atoms with Crippen LogP contribution in [0, 0.1) is 41.5 Å². The summed E-state index contributed by atoms with van der Waals surface area (Å²) < 4.78 is 39.1. The van der Waals surface area contributed by atoms with Gasteiger partial charge in [0.05, 0.1) is 36.9 Å². The maximum atomic E-state index is 14.8. The van der Waals surface area contributed by atoms with E-state index in [2.05, 4.69) is 96.1 Å². The number of phosphoric acid groups is 1. The zero-order valence-electron chi connectivity index (χ0n) is 50.3. The predicted molar refractivity (Wildman–Crippen MR) is 324 cm³/mol. The summed E-state index contributed by atoms with van der Waals surface area (Å²) in [7, 11) is 1.34. The Morgan fingerprint density at radius 1 is 0.412 bits per heavy atom. The SMILES string of the molecule is Cc1cc(C)cc(CCCC(=O)c2ccc(CCC(C)(N)COP(=O)(OCC(C)(N)CCc3ccc(C(=O)CCCc4cc(C)cc(C)c4)n3C)OCC(C)(N)CCc3ccc(C(=O)CCCc4cc(C)cc(C)c4)n3C)n2C)c1. The molecule has 0 aliphatic carbocycles. The van der Waals surface area contributed by atoms with Crippen LogP contribution in [-0.2, 0) is 77.8 Å². The van der Waals surface area contributed by atoms with Crippen LogP contribution in [0.2, 0.25) is 0 Å². The van der Waals surface area contributed by atoms with E-state index >= 15 is 0 Å². The first-order valence-corrected chi connectivity index (χ1v) is 30.2. The molecule has 14 heteroatoms. The number of carbonyl (C=O) groups excluding carboxylic acids is 3. The summed E-state index contributed by atoms with van der Waals surface area (Å²) in [5.74, 6) is 0.274. The number of Topliss-reactive ketones (excluding diaryl/α,β-unsaturated/α-hetero) is 3. The van der Waals surface area contributed by atoms with Gasteiger partial charge in [-0.25, -0.2) is 4.57 Å². The number of nitrogens with two attached hydrogens (primary N) is 3. The molecule has 0 bridgehead atoms. The Bertz CT molecular complexity index is 2750. The minimum atomic E-state index is -4.36. The summed E-state index contributed by atoms with van der Waals surface area (Å²) in [6, 6.07) is 31.1. The third-order valence-corrected chi connectivity index (χ3v) is 16.8. The topological polar surface area (TPSA) is 189 Å². The lowest BCUT2D eigenvalue weighted by atomic mass is 9.97. The summed E-state index contributed by atoms with van der Waals surface area (Å²) in [4.78, 5) is 40.2. The number of phosphoric ester groups is 1. The molecule has 0 spiro atoms. The second-order valence-electron chi connectivity index (χ2n) is 24.4. The number of benzene rings is 3. The Morgan fingerprint density at radius 3 is 0.887 bits per heavy atom. The van der Waals surface area contributed by atoms with E-state index in [-0.39, 0.29) is 37.2 Å². The van der Waals surface area contributed by atoms with Gasteiger partial charge in [-0.2, -0.15) is 0 Å². The number of aryl methyl sites for hydroxylation is 12. The summed E-state index contributed by atoms with van der Waals surface area (Å²) in [5.41, 5.74) is 33.6. The fourth-order valence-electron chi connectivity index (χ4n) is 10.9. The highest BCUT2D eigenvalue weighted by Crippen LogP contribution is 2.51. The van der Waals surface area contributed by atoms with Crippen LogP contribution >= 0.6 is 7.82 Å². The van der Waals surface area contributed by atoms with Gasteiger partial charge in [0.2, 0.25) is 0 Å². The van der Waals surface area contributed by atoms with Gasteiger partial charge in [-0.05, 0) is 192 Å². The molecule has 0 saturated carbocycles. The molecule has 6 rings (SSSR count). The summed E-state index contributed by atoms with van der Waals surface area (Å²) in [5, 5.41) is 0. The van der Waals surface area contributed by atoms with Crippen molar-refractivity contribution in [3.05, 3.63) is 175 Å². The van der Waals surface area contributed by atoms with Gasteiger partial charge in [0.1, 0.15) is 0 Å². The zero-order chi connectivity index (χ0) is 58.6. The van der Waals surface area contributed by atoms with E-state index in [1.165, 1.54) is 50.1 Å². The van der Waals surface area contributed by atoms with Gasteiger partial charge in [-0.3, -0.25) is 28.0 Å². The molecule has 3 aromatic carbocycles. The van der Waals surface area contributed by atoms with Gasteiger partial charge in [0, 0.05) is 74.1 Å². The standard InChI is InChI=1S/C66H93N6O7P/c1-46-34-47(2)38-52(37-46)16-13-19-61(73)58-25-22-55(70(58)10)28-31-64(7,67)43-77-80(76,78-44-65(8,68)32-29-56-23-26-59(71(56)11)62(74)20-14-17-53-39-48(3)35-49(4)40-53)79-45-66(9,69)33-30-57-24-27-60(72(57)12)63(75)21-15-18-54-41-50(5)36-51(6)42-54/h22-27,34-42H,13-21,28-33,43-45,67-69H2,1-12H3. The predicted octanol–water partition coefficient (Wildman–Crippen LogP) is 12.7. The fraction of sp³-hybridized carbons (Fsp3) is 0.500. The molecular formula is C66H93N6O7P.